The second-order valence-corrected chi connectivity index (χ2v) is 8.99. The van der Waals surface area contributed by atoms with E-state index in [1.54, 1.807) is 0 Å². The third kappa shape index (κ3) is 5.02. The average molecular weight is 460 g/mol. The summed E-state index contributed by atoms with van der Waals surface area (Å²) in [6, 6.07) is 32.9. The topological polar surface area (TPSA) is 46.4 Å². The van der Waals surface area contributed by atoms with Crippen LogP contribution in [0, 0.1) is 6.92 Å². The molecule has 1 amide bonds. The number of nitrogens with zero attached hydrogens (tertiary/aromatic N) is 2. The standard InChI is InChI=1S/C31H29N3O/c1-22-13-15-26(16-14-22)31-28(18-20-30(35)32-23(2)24-9-5-3-6-10-24)34-21-27(17-19-29(34)33-31)25-11-7-4-8-12-25/h3-17,19,21,23H,18,20H2,1-2H3,(H,32,35)/t23-/m1/s1. The van der Waals surface area contributed by atoms with Crippen molar-refractivity contribution in [3.8, 4) is 22.4 Å². The molecule has 0 saturated heterocycles. The highest BCUT2D eigenvalue weighted by atomic mass is 16.1. The van der Waals surface area contributed by atoms with Crippen LogP contribution in [0.2, 0.25) is 0 Å². The van der Waals surface area contributed by atoms with E-state index in [2.05, 4.69) is 71.4 Å². The molecule has 1 N–H and O–H groups in total. The van der Waals surface area contributed by atoms with Gasteiger partial charge >= 0.3 is 0 Å². The lowest BCUT2D eigenvalue weighted by molar-refractivity contribution is -0.121. The van der Waals surface area contributed by atoms with Gasteiger partial charge in [0, 0.05) is 18.2 Å². The van der Waals surface area contributed by atoms with Crippen LogP contribution in [0.15, 0.2) is 103 Å². The molecule has 0 aliphatic rings. The van der Waals surface area contributed by atoms with Crippen molar-refractivity contribution in [1.29, 1.82) is 0 Å². The number of hydrogen-bond donors (Lipinski definition) is 1. The van der Waals surface area contributed by atoms with Crippen molar-refractivity contribution in [2.75, 3.05) is 0 Å². The van der Waals surface area contributed by atoms with Crippen molar-refractivity contribution in [2.24, 2.45) is 0 Å². The summed E-state index contributed by atoms with van der Waals surface area (Å²) in [6.45, 7) is 4.10. The molecule has 3 aromatic carbocycles. The molecule has 4 nitrogen and oxygen atoms in total. The summed E-state index contributed by atoms with van der Waals surface area (Å²) in [4.78, 5) is 17.9. The Balaban J connectivity index is 1.46. The fraction of sp³-hybridized carbons (Fsp3) is 0.161. The monoisotopic (exact) mass is 459 g/mol. The quantitative estimate of drug-likeness (QED) is 0.291. The minimum atomic E-state index is -0.0351. The summed E-state index contributed by atoms with van der Waals surface area (Å²) in [5, 5.41) is 3.14. The zero-order valence-electron chi connectivity index (χ0n) is 20.1. The van der Waals surface area contributed by atoms with Crippen LogP contribution in [-0.4, -0.2) is 15.3 Å². The summed E-state index contributed by atoms with van der Waals surface area (Å²) in [5.74, 6) is 0.0328. The number of carbonyl (C=O) groups excluding carboxylic acids is 1. The fourth-order valence-electron chi connectivity index (χ4n) is 4.45. The molecular weight excluding hydrogens is 430 g/mol. The van der Waals surface area contributed by atoms with E-state index in [-0.39, 0.29) is 11.9 Å². The summed E-state index contributed by atoms with van der Waals surface area (Å²) >= 11 is 0. The molecule has 5 rings (SSSR count). The number of carbonyl (C=O) groups is 1. The number of pyridine rings is 1. The molecule has 0 radical (unpaired) electrons. The molecule has 0 aliphatic heterocycles. The smallest absolute Gasteiger partial charge is 0.220 e. The van der Waals surface area contributed by atoms with Crippen molar-refractivity contribution in [2.45, 2.75) is 32.7 Å². The second kappa shape index (κ2) is 9.98. The summed E-state index contributed by atoms with van der Waals surface area (Å²) in [5.41, 5.74) is 8.50. The highest BCUT2D eigenvalue weighted by Gasteiger charge is 2.17. The zero-order chi connectivity index (χ0) is 24.2. The van der Waals surface area contributed by atoms with E-state index in [9.17, 15) is 4.79 Å². The lowest BCUT2D eigenvalue weighted by atomic mass is 10.0. The van der Waals surface area contributed by atoms with E-state index >= 15 is 0 Å². The number of aromatic nitrogens is 2. The zero-order valence-corrected chi connectivity index (χ0v) is 20.1. The van der Waals surface area contributed by atoms with Crippen molar-refractivity contribution in [3.05, 3.63) is 120 Å². The van der Waals surface area contributed by atoms with Crippen LogP contribution in [0.4, 0.5) is 0 Å². The van der Waals surface area contributed by atoms with Gasteiger partial charge in [0.05, 0.1) is 17.4 Å². The molecule has 174 valence electrons. The Morgan fingerprint density at radius 1 is 0.829 bits per heavy atom. The molecule has 2 heterocycles. The first-order chi connectivity index (χ1) is 17.1. The molecule has 0 unspecified atom stereocenters. The Labute approximate surface area is 206 Å². The highest BCUT2D eigenvalue weighted by Crippen LogP contribution is 2.28. The van der Waals surface area contributed by atoms with E-state index < -0.39 is 0 Å². The summed E-state index contributed by atoms with van der Waals surface area (Å²) in [7, 11) is 0. The lowest BCUT2D eigenvalue weighted by Gasteiger charge is -2.14. The normalized spacial score (nSPS) is 11.9. The molecule has 0 aliphatic carbocycles. The number of hydrogen-bond acceptors (Lipinski definition) is 2. The largest absolute Gasteiger partial charge is 0.350 e. The first-order valence-corrected chi connectivity index (χ1v) is 12.1. The van der Waals surface area contributed by atoms with E-state index in [0.717, 1.165) is 39.3 Å². The molecule has 35 heavy (non-hydrogen) atoms. The van der Waals surface area contributed by atoms with E-state index in [4.69, 9.17) is 4.98 Å². The van der Waals surface area contributed by atoms with Crippen LogP contribution in [0.3, 0.4) is 0 Å². The maximum absolute atomic E-state index is 12.9. The first-order valence-electron chi connectivity index (χ1n) is 12.1. The van der Waals surface area contributed by atoms with Gasteiger partial charge in [-0.25, -0.2) is 4.98 Å². The van der Waals surface area contributed by atoms with Gasteiger partial charge in [0.1, 0.15) is 5.65 Å². The Morgan fingerprint density at radius 3 is 2.20 bits per heavy atom. The molecule has 0 fully saturated rings. The number of fused-ring (bicyclic) bond motifs is 1. The first kappa shape index (κ1) is 22.6. The van der Waals surface area contributed by atoms with Crippen LogP contribution in [0.25, 0.3) is 28.0 Å². The van der Waals surface area contributed by atoms with Gasteiger partial charge < -0.3 is 9.72 Å². The lowest BCUT2D eigenvalue weighted by Crippen LogP contribution is -2.26. The van der Waals surface area contributed by atoms with Gasteiger partial charge in [-0.15, -0.1) is 0 Å². The average Bonchev–Trinajstić information content (AvgIpc) is 3.26. The second-order valence-electron chi connectivity index (χ2n) is 8.99. The van der Waals surface area contributed by atoms with Crippen LogP contribution >= 0.6 is 0 Å². The predicted octanol–water partition coefficient (Wildman–Crippen LogP) is 6.79. The third-order valence-corrected chi connectivity index (χ3v) is 6.42. The Kier molecular flexibility index (Phi) is 6.44. The van der Waals surface area contributed by atoms with Crippen LogP contribution < -0.4 is 5.32 Å². The fourth-order valence-corrected chi connectivity index (χ4v) is 4.45. The van der Waals surface area contributed by atoms with Gasteiger partial charge in [-0.1, -0.05) is 90.5 Å². The van der Waals surface area contributed by atoms with Gasteiger partial charge in [0.15, 0.2) is 0 Å². The van der Waals surface area contributed by atoms with Crippen molar-refractivity contribution >= 4 is 11.6 Å². The van der Waals surface area contributed by atoms with E-state index in [1.807, 2.05) is 55.5 Å². The number of rotatable bonds is 7. The Morgan fingerprint density at radius 2 is 1.49 bits per heavy atom. The molecule has 2 aromatic heterocycles. The molecule has 0 bridgehead atoms. The number of nitrogens with one attached hydrogen (secondary N) is 1. The number of amides is 1. The number of aryl methyl sites for hydroxylation is 2. The van der Waals surface area contributed by atoms with Crippen LogP contribution in [0.5, 0.6) is 0 Å². The molecule has 5 aromatic rings. The Bertz CT molecular complexity index is 1440. The Hall–Kier alpha value is -4.18. The van der Waals surface area contributed by atoms with Gasteiger partial charge in [0.25, 0.3) is 0 Å². The van der Waals surface area contributed by atoms with Gasteiger partial charge in [-0.3, -0.25) is 4.79 Å². The van der Waals surface area contributed by atoms with E-state index in [1.165, 1.54) is 5.56 Å². The van der Waals surface area contributed by atoms with Crippen molar-refractivity contribution in [3.63, 3.8) is 0 Å². The molecule has 4 heteroatoms. The summed E-state index contributed by atoms with van der Waals surface area (Å²) in [6.07, 6.45) is 3.12. The minimum absolute atomic E-state index is 0.0328. The van der Waals surface area contributed by atoms with Crippen LogP contribution in [-0.2, 0) is 11.2 Å². The predicted molar refractivity (Wildman–Crippen MR) is 142 cm³/mol. The van der Waals surface area contributed by atoms with Crippen molar-refractivity contribution < 1.29 is 4.79 Å². The maximum Gasteiger partial charge on any atom is 0.220 e. The maximum atomic E-state index is 12.9. The third-order valence-electron chi connectivity index (χ3n) is 6.42. The number of imidazole rings is 1. The highest BCUT2D eigenvalue weighted by molar-refractivity contribution is 5.77. The molecule has 0 spiro atoms. The molecule has 0 saturated carbocycles. The SMILES string of the molecule is Cc1ccc(-c2nc3ccc(-c4ccccc4)cn3c2CCC(=O)N[C@H](C)c2ccccc2)cc1. The van der Waals surface area contributed by atoms with Gasteiger partial charge in [-0.05, 0) is 49.1 Å². The van der Waals surface area contributed by atoms with Gasteiger partial charge in [-0.2, -0.15) is 0 Å². The van der Waals surface area contributed by atoms with Gasteiger partial charge in [0.2, 0.25) is 5.91 Å². The number of benzene rings is 3. The van der Waals surface area contributed by atoms with Crippen LogP contribution in [0.1, 0.15) is 36.2 Å². The summed E-state index contributed by atoms with van der Waals surface area (Å²) < 4.78 is 2.14. The van der Waals surface area contributed by atoms with E-state index in [0.29, 0.717) is 12.8 Å². The molecular formula is C31H29N3O. The van der Waals surface area contributed by atoms with Crippen molar-refractivity contribution in [1.82, 2.24) is 14.7 Å². The minimum Gasteiger partial charge on any atom is -0.350 e. The molecule has 1 atom stereocenters.